The monoisotopic (exact) mass is 361 g/mol. The largest absolute Gasteiger partial charge is 0.497 e. The zero-order chi connectivity index (χ0) is 18.0. The molecule has 0 amide bonds. The lowest BCUT2D eigenvalue weighted by atomic mass is 10.1. The Morgan fingerprint density at radius 2 is 1.92 bits per heavy atom. The molecule has 1 heterocycles. The molecule has 0 bridgehead atoms. The molecule has 0 radical (unpaired) electrons. The number of aliphatic hydroxyl groups is 1. The molecular weight excluding hydrogens is 342 g/mol. The van der Waals surface area contributed by atoms with Crippen molar-refractivity contribution in [3.05, 3.63) is 53.6 Å². The lowest BCUT2D eigenvalue weighted by Crippen LogP contribution is -2.35. The number of benzene rings is 2. The minimum Gasteiger partial charge on any atom is -0.497 e. The number of ether oxygens (including phenoxy) is 1. The van der Waals surface area contributed by atoms with E-state index in [4.69, 9.17) is 9.84 Å². The van der Waals surface area contributed by atoms with Crippen molar-refractivity contribution in [1.82, 2.24) is 0 Å². The molecule has 1 aliphatic heterocycles. The van der Waals surface area contributed by atoms with Crippen LogP contribution in [0.15, 0.2) is 47.4 Å². The first-order chi connectivity index (χ1) is 11.9. The summed E-state index contributed by atoms with van der Waals surface area (Å²) < 4.78 is 29.9. The van der Waals surface area contributed by atoms with Crippen LogP contribution in [0.5, 0.6) is 5.75 Å². The van der Waals surface area contributed by atoms with Crippen LogP contribution in [0.2, 0.25) is 0 Å². The summed E-state index contributed by atoms with van der Waals surface area (Å²) in [4.78, 5) is 13.8. The van der Waals surface area contributed by atoms with Gasteiger partial charge in [-0.3, -0.25) is 4.79 Å². The molecule has 0 saturated carbocycles. The summed E-state index contributed by atoms with van der Waals surface area (Å²) in [6.07, 6.45) is 0. The molecule has 6 nitrogen and oxygen atoms in total. The number of hydrogen-bond acceptors (Lipinski definition) is 6. The number of nitrogens with zero attached hydrogens (tertiary/aromatic N) is 1. The molecule has 0 fully saturated rings. The normalized spacial score (nSPS) is 15.5. The van der Waals surface area contributed by atoms with E-state index in [0.717, 1.165) is 11.3 Å². The number of anilines is 1. The quantitative estimate of drug-likeness (QED) is 0.816. The van der Waals surface area contributed by atoms with E-state index in [1.165, 1.54) is 6.07 Å². The number of hydrogen-bond donors (Lipinski definition) is 1. The van der Waals surface area contributed by atoms with Crippen LogP contribution < -0.4 is 9.64 Å². The van der Waals surface area contributed by atoms with Gasteiger partial charge >= 0.3 is 0 Å². The van der Waals surface area contributed by atoms with Crippen molar-refractivity contribution in [1.29, 1.82) is 0 Å². The first kappa shape index (κ1) is 17.4. The number of methoxy groups -OCH3 is 1. The van der Waals surface area contributed by atoms with E-state index in [0.29, 0.717) is 18.8 Å². The maximum atomic E-state index is 12.4. The van der Waals surface area contributed by atoms with Gasteiger partial charge in [-0.1, -0.05) is 12.1 Å². The number of ketones is 1. The van der Waals surface area contributed by atoms with Crippen molar-refractivity contribution >= 4 is 21.3 Å². The van der Waals surface area contributed by atoms with E-state index < -0.39 is 22.2 Å². The first-order valence-corrected chi connectivity index (χ1v) is 9.48. The summed E-state index contributed by atoms with van der Waals surface area (Å²) in [5.74, 6) is 0.259. The molecule has 0 saturated heterocycles. The topological polar surface area (TPSA) is 83.9 Å². The average molecular weight is 361 g/mol. The third-order valence-corrected chi connectivity index (χ3v) is 5.98. The second-order valence-corrected chi connectivity index (χ2v) is 7.93. The van der Waals surface area contributed by atoms with Crippen LogP contribution in [-0.4, -0.2) is 45.3 Å². The third-order valence-electron chi connectivity index (χ3n) is 4.26. The summed E-state index contributed by atoms with van der Waals surface area (Å²) in [6, 6.07) is 12.2. The number of rotatable bonds is 5. The van der Waals surface area contributed by atoms with Crippen molar-refractivity contribution < 1.29 is 23.1 Å². The van der Waals surface area contributed by atoms with Crippen LogP contribution in [0.3, 0.4) is 0 Å². The zero-order valence-electron chi connectivity index (χ0n) is 13.8. The molecule has 0 spiro atoms. The Labute approximate surface area is 146 Å². The van der Waals surface area contributed by atoms with Gasteiger partial charge in [0.2, 0.25) is 0 Å². The molecule has 0 atom stereocenters. The van der Waals surface area contributed by atoms with Crippen molar-refractivity contribution in [2.75, 3.05) is 30.9 Å². The maximum Gasteiger partial charge on any atom is 0.188 e. The highest BCUT2D eigenvalue weighted by atomic mass is 32.2. The Morgan fingerprint density at radius 3 is 2.56 bits per heavy atom. The number of sulfone groups is 1. The Balaban J connectivity index is 1.95. The Bertz CT molecular complexity index is 890. The minimum absolute atomic E-state index is 0.00702. The number of aliphatic hydroxyl groups excluding tert-OH is 1. The summed E-state index contributed by atoms with van der Waals surface area (Å²) in [6.45, 7) is 0.295. The Hall–Kier alpha value is -2.38. The molecule has 25 heavy (non-hydrogen) atoms. The molecule has 132 valence electrons. The average Bonchev–Trinajstić information content (AvgIpc) is 2.64. The summed E-state index contributed by atoms with van der Waals surface area (Å²) in [5.41, 5.74) is 1.81. The van der Waals surface area contributed by atoms with Gasteiger partial charge in [-0.25, -0.2) is 8.42 Å². The van der Waals surface area contributed by atoms with Crippen LogP contribution in [0, 0.1) is 0 Å². The molecule has 0 aromatic heterocycles. The lowest BCUT2D eigenvalue weighted by Gasteiger charge is -2.31. The van der Waals surface area contributed by atoms with Gasteiger partial charge in [0.25, 0.3) is 0 Å². The fourth-order valence-corrected chi connectivity index (χ4v) is 4.37. The van der Waals surface area contributed by atoms with E-state index >= 15 is 0 Å². The highest BCUT2D eigenvalue weighted by Crippen LogP contribution is 2.32. The van der Waals surface area contributed by atoms with E-state index in [2.05, 4.69) is 0 Å². The predicted molar refractivity (Wildman–Crippen MR) is 94.0 cm³/mol. The van der Waals surface area contributed by atoms with Crippen LogP contribution in [0.25, 0.3) is 0 Å². The van der Waals surface area contributed by atoms with Gasteiger partial charge in [0.15, 0.2) is 15.6 Å². The molecule has 7 heteroatoms. The SMILES string of the molecule is COc1ccc(CN2CCS(=O)(=O)c3cc(C(=O)CO)ccc32)cc1. The summed E-state index contributed by atoms with van der Waals surface area (Å²) in [5, 5.41) is 8.99. The zero-order valence-corrected chi connectivity index (χ0v) is 14.6. The van der Waals surface area contributed by atoms with Gasteiger partial charge < -0.3 is 14.7 Å². The fraction of sp³-hybridized carbons (Fsp3) is 0.278. The fourth-order valence-electron chi connectivity index (χ4n) is 2.87. The second kappa shape index (κ2) is 6.85. The molecular formula is C18H19NO5S. The Kier molecular flexibility index (Phi) is 4.78. The van der Waals surface area contributed by atoms with Gasteiger partial charge in [0.1, 0.15) is 12.4 Å². The van der Waals surface area contributed by atoms with Crippen molar-refractivity contribution in [2.45, 2.75) is 11.4 Å². The highest BCUT2D eigenvalue weighted by Gasteiger charge is 2.29. The predicted octanol–water partition coefficient (Wildman–Crippen LogP) is 1.66. The molecule has 1 aliphatic rings. The summed E-state index contributed by atoms with van der Waals surface area (Å²) >= 11 is 0. The van der Waals surface area contributed by atoms with Crippen LogP contribution >= 0.6 is 0 Å². The molecule has 3 rings (SSSR count). The number of Topliss-reactive ketones (excluding diaryl/α,β-unsaturated/α-hetero) is 1. The number of fused-ring (bicyclic) bond motifs is 1. The van der Waals surface area contributed by atoms with E-state index in [9.17, 15) is 13.2 Å². The standard InChI is InChI=1S/C18H19NO5S/c1-24-15-5-2-13(3-6-15)11-19-8-9-25(22,23)18-10-14(17(21)12-20)4-7-16(18)19/h2-7,10,20H,8-9,11-12H2,1H3. The van der Waals surface area contributed by atoms with Gasteiger partial charge in [-0.05, 0) is 35.9 Å². The van der Waals surface area contributed by atoms with E-state index in [-0.39, 0.29) is 16.2 Å². The van der Waals surface area contributed by atoms with Crippen molar-refractivity contribution in [2.24, 2.45) is 0 Å². The number of carbonyl (C=O) groups excluding carboxylic acids is 1. The summed E-state index contributed by atoms with van der Waals surface area (Å²) in [7, 11) is -1.83. The maximum absolute atomic E-state index is 12.4. The lowest BCUT2D eigenvalue weighted by molar-refractivity contribution is 0.0903. The molecule has 1 N–H and O–H groups in total. The molecule has 0 unspecified atom stereocenters. The van der Waals surface area contributed by atoms with Gasteiger partial charge in [-0.2, -0.15) is 0 Å². The van der Waals surface area contributed by atoms with E-state index in [1.807, 2.05) is 29.2 Å². The van der Waals surface area contributed by atoms with Crippen LogP contribution in [-0.2, 0) is 16.4 Å². The number of carbonyl (C=O) groups is 1. The first-order valence-electron chi connectivity index (χ1n) is 7.83. The Morgan fingerprint density at radius 1 is 1.20 bits per heavy atom. The third kappa shape index (κ3) is 3.52. The van der Waals surface area contributed by atoms with Crippen molar-refractivity contribution in [3.63, 3.8) is 0 Å². The smallest absolute Gasteiger partial charge is 0.188 e. The molecule has 2 aromatic carbocycles. The van der Waals surface area contributed by atoms with Gasteiger partial charge in [0.05, 0.1) is 23.4 Å². The minimum atomic E-state index is -3.44. The van der Waals surface area contributed by atoms with Gasteiger partial charge in [-0.15, -0.1) is 0 Å². The van der Waals surface area contributed by atoms with Gasteiger partial charge in [0, 0.05) is 18.7 Å². The molecule has 2 aromatic rings. The van der Waals surface area contributed by atoms with Crippen LogP contribution in [0.1, 0.15) is 15.9 Å². The van der Waals surface area contributed by atoms with Crippen molar-refractivity contribution in [3.8, 4) is 5.75 Å². The van der Waals surface area contributed by atoms with Crippen LogP contribution in [0.4, 0.5) is 5.69 Å². The molecule has 0 aliphatic carbocycles. The van der Waals surface area contributed by atoms with E-state index in [1.54, 1.807) is 19.2 Å². The highest BCUT2D eigenvalue weighted by molar-refractivity contribution is 7.91. The second-order valence-electron chi connectivity index (χ2n) is 5.85.